The molecule has 1 heterocycles. The first-order chi connectivity index (χ1) is 20.7. The van der Waals surface area contributed by atoms with Gasteiger partial charge in [-0.15, -0.1) is 0 Å². The normalized spacial score (nSPS) is 10.7. The first kappa shape index (κ1) is 28.8. The number of carbonyl (C=O) groups excluding carboxylic acids is 2. The Labute approximate surface area is 250 Å². The molecule has 0 aliphatic carbocycles. The van der Waals surface area contributed by atoms with Crippen molar-refractivity contribution in [2.75, 3.05) is 17.7 Å². The summed E-state index contributed by atoms with van der Waals surface area (Å²) in [4.78, 5) is 41.1. The SMILES string of the molecule is COc1ccc(CNC(=O)c2cnc3c(O)cccc3c2Nc2cccc(NC(=O)c3ccc(Cl)c([N+](=O)[O-])c3)c2)cc1. The third-order valence-electron chi connectivity index (χ3n) is 6.53. The van der Waals surface area contributed by atoms with Crippen LogP contribution in [0.15, 0.2) is 91.1 Å². The number of anilines is 3. The molecule has 2 amide bonds. The molecule has 4 N–H and O–H groups in total. The number of hydrogen-bond donors (Lipinski definition) is 4. The fourth-order valence-electron chi connectivity index (χ4n) is 4.35. The highest BCUT2D eigenvalue weighted by Crippen LogP contribution is 2.34. The van der Waals surface area contributed by atoms with Crippen LogP contribution in [0.2, 0.25) is 5.02 Å². The average molecular weight is 598 g/mol. The number of nitrogens with one attached hydrogen (secondary N) is 3. The second-order valence-corrected chi connectivity index (χ2v) is 9.74. The molecular weight excluding hydrogens is 574 g/mol. The van der Waals surface area contributed by atoms with Crippen LogP contribution >= 0.6 is 11.6 Å². The minimum absolute atomic E-state index is 0.0520. The number of carbonyl (C=O) groups is 2. The van der Waals surface area contributed by atoms with Gasteiger partial charge >= 0.3 is 0 Å². The highest BCUT2D eigenvalue weighted by Gasteiger charge is 2.19. The second kappa shape index (κ2) is 12.5. The lowest BCUT2D eigenvalue weighted by molar-refractivity contribution is -0.384. The lowest BCUT2D eigenvalue weighted by Gasteiger charge is -2.16. The summed E-state index contributed by atoms with van der Waals surface area (Å²) >= 11 is 5.87. The van der Waals surface area contributed by atoms with Crippen molar-refractivity contribution in [1.29, 1.82) is 0 Å². The molecule has 11 nitrogen and oxygen atoms in total. The molecule has 12 heteroatoms. The number of hydrogen-bond acceptors (Lipinski definition) is 8. The van der Waals surface area contributed by atoms with Gasteiger partial charge in [0.25, 0.3) is 17.5 Å². The number of ether oxygens (including phenoxy) is 1. The first-order valence-corrected chi connectivity index (χ1v) is 13.3. The van der Waals surface area contributed by atoms with Crippen molar-refractivity contribution in [2.45, 2.75) is 6.54 Å². The van der Waals surface area contributed by atoms with Crippen molar-refractivity contribution >= 4 is 57.1 Å². The van der Waals surface area contributed by atoms with Gasteiger partial charge in [-0.05, 0) is 54.1 Å². The Morgan fingerprint density at radius 3 is 2.47 bits per heavy atom. The number of phenolic OH excluding ortho intramolecular Hbond substituents is 1. The van der Waals surface area contributed by atoms with Crippen molar-refractivity contribution in [3.05, 3.63) is 123 Å². The number of nitro groups is 1. The molecule has 0 fully saturated rings. The van der Waals surface area contributed by atoms with E-state index in [0.29, 0.717) is 33.7 Å². The van der Waals surface area contributed by atoms with Gasteiger partial charge in [0.2, 0.25) is 0 Å². The van der Waals surface area contributed by atoms with Crippen molar-refractivity contribution in [1.82, 2.24) is 10.3 Å². The summed E-state index contributed by atoms with van der Waals surface area (Å²) in [6.45, 7) is 0.255. The fraction of sp³-hybridized carbons (Fsp3) is 0.0645. The van der Waals surface area contributed by atoms with Crippen LogP contribution in [-0.4, -0.2) is 33.9 Å². The van der Waals surface area contributed by atoms with Crippen molar-refractivity contribution in [2.24, 2.45) is 0 Å². The zero-order chi connectivity index (χ0) is 30.5. The van der Waals surface area contributed by atoms with Gasteiger partial charge in [0.05, 0.1) is 23.3 Å². The quantitative estimate of drug-likeness (QED) is 0.112. The Hall–Kier alpha value is -5.68. The molecule has 0 saturated heterocycles. The summed E-state index contributed by atoms with van der Waals surface area (Å²) in [5.74, 6) is -0.323. The molecule has 0 saturated carbocycles. The van der Waals surface area contributed by atoms with Crippen LogP contribution in [0.1, 0.15) is 26.3 Å². The Morgan fingerprint density at radius 1 is 0.977 bits per heavy atom. The number of nitrogens with zero attached hydrogens (tertiary/aromatic N) is 2. The number of para-hydroxylation sites is 1. The number of fused-ring (bicyclic) bond motifs is 1. The van der Waals surface area contributed by atoms with Gasteiger partial charge in [-0.25, -0.2) is 0 Å². The molecule has 0 aliphatic rings. The minimum Gasteiger partial charge on any atom is -0.506 e. The molecule has 0 bridgehead atoms. The zero-order valence-corrected chi connectivity index (χ0v) is 23.4. The third-order valence-corrected chi connectivity index (χ3v) is 6.85. The Balaban J connectivity index is 1.41. The summed E-state index contributed by atoms with van der Waals surface area (Å²) in [6.07, 6.45) is 1.38. The molecule has 1 aromatic heterocycles. The predicted molar refractivity (Wildman–Crippen MR) is 163 cm³/mol. The molecule has 43 heavy (non-hydrogen) atoms. The van der Waals surface area contributed by atoms with Gasteiger partial charge in [-0.3, -0.25) is 24.7 Å². The maximum absolute atomic E-state index is 13.4. The van der Waals surface area contributed by atoms with Crippen LogP contribution in [0, 0.1) is 10.1 Å². The smallest absolute Gasteiger partial charge is 0.288 e. The molecule has 0 atom stereocenters. The van der Waals surface area contributed by atoms with E-state index in [1.807, 2.05) is 12.1 Å². The van der Waals surface area contributed by atoms with Crippen molar-refractivity contribution in [3.63, 3.8) is 0 Å². The first-order valence-electron chi connectivity index (χ1n) is 12.9. The largest absolute Gasteiger partial charge is 0.506 e. The van der Waals surface area contributed by atoms with E-state index in [9.17, 15) is 24.8 Å². The number of halogens is 1. The van der Waals surface area contributed by atoms with Gasteiger partial charge in [0.1, 0.15) is 22.0 Å². The summed E-state index contributed by atoms with van der Waals surface area (Å²) in [5, 5.41) is 30.9. The number of nitro benzene ring substituents is 1. The van der Waals surface area contributed by atoms with Crippen LogP contribution in [0.25, 0.3) is 10.9 Å². The molecule has 5 aromatic rings. The molecule has 216 valence electrons. The van der Waals surface area contributed by atoms with Gasteiger partial charge in [-0.1, -0.05) is 41.9 Å². The average Bonchev–Trinajstić information content (AvgIpc) is 3.00. The molecule has 4 aromatic carbocycles. The standard InChI is InChI=1S/C31H24ClN5O6/c1-43-22-11-8-18(9-12-22)16-34-31(40)24-17-33-29-23(6-3-7-27(29)38)28(24)35-20-4-2-5-21(15-20)36-30(39)19-10-13-25(32)26(14-19)37(41)42/h2-15,17,38H,16H2,1H3,(H,33,35)(H,34,40)(H,36,39). The molecule has 0 radical (unpaired) electrons. The topological polar surface area (TPSA) is 156 Å². The lowest BCUT2D eigenvalue weighted by Crippen LogP contribution is -2.24. The van der Waals surface area contributed by atoms with E-state index in [1.54, 1.807) is 55.6 Å². The van der Waals surface area contributed by atoms with E-state index < -0.39 is 16.7 Å². The number of pyridine rings is 1. The number of aromatic hydroxyl groups is 1. The van der Waals surface area contributed by atoms with Crippen LogP contribution in [0.3, 0.4) is 0 Å². The van der Waals surface area contributed by atoms with Gasteiger partial charge in [-0.2, -0.15) is 0 Å². The molecular formula is C31H24ClN5O6. The van der Waals surface area contributed by atoms with E-state index in [1.165, 1.54) is 24.4 Å². The van der Waals surface area contributed by atoms with E-state index in [0.717, 1.165) is 11.6 Å². The van der Waals surface area contributed by atoms with Crippen LogP contribution in [0.4, 0.5) is 22.7 Å². The van der Waals surface area contributed by atoms with E-state index >= 15 is 0 Å². The second-order valence-electron chi connectivity index (χ2n) is 9.33. The van der Waals surface area contributed by atoms with Crippen LogP contribution in [0.5, 0.6) is 11.5 Å². The number of phenols is 1. The highest BCUT2D eigenvalue weighted by molar-refractivity contribution is 6.32. The van der Waals surface area contributed by atoms with E-state index in [-0.39, 0.29) is 34.1 Å². The van der Waals surface area contributed by atoms with Crippen LogP contribution < -0.4 is 20.7 Å². The summed E-state index contributed by atoms with van der Waals surface area (Å²) in [5.41, 5.74) is 2.37. The zero-order valence-electron chi connectivity index (χ0n) is 22.6. The maximum Gasteiger partial charge on any atom is 0.288 e. The maximum atomic E-state index is 13.4. The monoisotopic (exact) mass is 597 g/mol. The summed E-state index contributed by atoms with van der Waals surface area (Å²) in [7, 11) is 1.58. The summed E-state index contributed by atoms with van der Waals surface area (Å²) < 4.78 is 5.18. The van der Waals surface area contributed by atoms with Gasteiger partial charge < -0.3 is 25.8 Å². The molecule has 0 aliphatic heterocycles. The summed E-state index contributed by atoms with van der Waals surface area (Å²) in [6, 6.07) is 22.6. The van der Waals surface area contributed by atoms with E-state index in [4.69, 9.17) is 16.3 Å². The predicted octanol–water partition coefficient (Wildman–Crippen LogP) is 6.44. The molecule has 5 rings (SSSR count). The highest BCUT2D eigenvalue weighted by atomic mass is 35.5. The number of rotatable bonds is 9. The number of aromatic nitrogens is 1. The Bertz CT molecular complexity index is 1860. The number of benzene rings is 4. The number of amides is 2. The third kappa shape index (κ3) is 6.47. The Kier molecular flexibility index (Phi) is 8.35. The fourth-order valence-corrected chi connectivity index (χ4v) is 4.54. The number of methoxy groups -OCH3 is 1. The van der Waals surface area contributed by atoms with E-state index in [2.05, 4.69) is 20.9 Å². The lowest BCUT2D eigenvalue weighted by atomic mass is 10.1. The van der Waals surface area contributed by atoms with Crippen LogP contribution in [-0.2, 0) is 6.54 Å². The molecule has 0 unspecified atom stereocenters. The van der Waals surface area contributed by atoms with Gasteiger partial charge in [0.15, 0.2) is 0 Å². The Morgan fingerprint density at radius 2 is 1.72 bits per heavy atom. The molecule has 0 spiro atoms. The minimum atomic E-state index is -0.661. The van der Waals surface area contributed by atoms with Crippen molar-refractivity contribution in [3.8, 4) is 11.5 Å². The van der Waals surface area contributed by atoms with Gasteiger partial charge in [0, 0.05) is 41.1 Å². The van der Waals surface area contributed by atoms with Crippen molar-refractivity contribution < 1.29 is 24.4 Å².